The van der Waals surface area contributed by atoms with E-state index in [2.05, 4.69) is 26.2 Å². The molecule has 32 heavy (non-hydrogen) atoms. The Balaban J connectivity index is 2.28. The number of benzene rings is 1. The Kier molecular flexibility index (Phi) is 7.69. The van der Waals surface area contributed by atoms with E-state index in [4.69, 9.17) is 27.9 Å². The highest BCUT2D eigenvalue weighted by molar-refractivity contribution is 9.10. The zero-order valence-electron chi connectivity index (χ0n) is 18.0. The van der Waals surface area contributed by atoms with Gasteiger partial charge in [-0.1, -0.05) is 35.3 Å². The molecule has 1 atom stereocenters. The van der Waals surface area contributed by atoms with Crippen molar-refractivity contribution in [2.24, 2.45) is 7.05 Å². The SMILES string of the molecule is CCOC(=O)c1nc(Br)n(C(C)C)c1C(Nc1cc(Cl)cn(C)c1=O)c1ccc(Cl)cc1. The molecule has 0 aliphatic rings. The topological polar surface area (TPSA) is 78.2 Å². The van der Waals surface area contributed by atoms with E-state index in [0.29, 0.717) is 20.5 Å². The van der Waals surface area contributed by atoms with Crippen LogP contribution in [-0.4, -0.2) is 26.7 Å². The number of nitrogens with one attached hydrogen (secondary N) is 1. The lowest BCUT2D eigenvalue weighted by molar-refractivity contribution is 0.0518. The van der Waals surface area contributed by atoms with Crippen molar-refractivity contribution in [1.29, 1.82) is 0 Å². The van der Waals surface area contributed by atoms with Gasteiger partial charge in [0.05, 0.1) is 23.4 Å². The number of anilines is 1. The third-order valence-electron chi connectivity index (χ3n) is 4.82. The normalized spacial score (nSPS) is 12.1. The Morgan fingerprint density at radius 2 is 1.88 bits per heavy atom. The van der Waals surface area contributed by atoms with Crippen LogP contribution < -0.4 is 10.9 Å². The number of rotatable bonds is 7. The van der Waals surface area contributed by atoms with E-state index >= 15 is 0 Å². The van der Waals surface area contributed by atoms with Gasteiger partial charge < -0.3 is 19.2 Å². The summed E-state index contributed by atoms with van der Waals surface area (Å²) >= 11 is 15.8. The van der Waals surface area contributed by atoms with E-state index in [0.717, 1.165) is 5.56 Å². The quantitative estimate of drug-likeness (QED) is 0.393. The first-order valence-corrected chi connectivity index (χ1v) is 11.5. The van der Waals surface area contributed by atoms with Crippen molar-refractivity contribution >= 4 is 50.8 Å². The molecule has 2 aromatic heterocycles. The first-order valence-electron chi connectivity index (χ1n) is 9.96. The van der Waals surface area contributed by atoms with Gasteiger partial charge in [0.15, 0.2) is 10.4 Å². The smallest absolute Gasteiger partial charge is 0.358 e. The van der Waals surface area contributed by atoms with Crippen molar-refractivity contribution in [3.8, 4) is 0 Å². The van der Waals surface area contributed by atoms with Gasteiger partial charge in [0, 0.05) is 24.3 Å². The highest BCUT2D eigenvalue weighted by Gasteiger charge is 2.31. The fourth-order valence-electron chi connectivity index (χ4n) is 3.43. The second kappa shape index (κ2) is 10.1. The third kappa shape index (κ3) is 5.03. The summed E-state index contributed by atoms with van der Waals surface area (Å²) in [6.45, 7) is 5.89. The largest absolute Gasteiger partial charge is 0.461 e. The molecule has 0 aliphatic carbocycles. The number of aromatic nitrogens is 3. The van der Waals surface area contributed by atoms with Crippen LogP contribution in [0, 0.1) is 0 Å². The molecule has 1 unspecified atom stereocenters. The maximum absolute atomic E-state index is 12.8. The van der Waals surface area contributed by atoms with E-state index in [1.807, 2.05) is 30.5 Å². The molecule has 10 heteroatoms. The fraction of sp³-hybridized carbons (Fsp3) is 0.318. The van der Waals surface area contributed by atoms with Gasteiger partial charge in [-0.3, -0.25) is 4.79 Å². The lowest BCUT2D eigenvalue weighted by Crippen LogP contribution is -2.26. The van der Waals surface area contributed by atoms with Gasteiger partial charge in [0.1, 0.15) is 5.69 Å². The van der Waals surface area contributed by atoms with Crippen LogP contribution in [0.25, 0.3) is 0 Å². The molecular weight excluding hydrogens is 519 g/mol. The maximum Gasteiger partial charge on any atom is 0.358 e. The van der Waals surface area contributed by atoms with E-state index in [1.54, 1.807) is 32.2 Å². The van der Waals surface area contributed by atoms with E-state index in [1.165, 1.54) is 10.8 Å². The minimum Gasteiger partial charge on any atom is -0.461 e. The zero-order valence-corrected chi connectivity index (χ0v) is 21.1. The van der Waals surface area contributed by atoms with Crippen LogP contribution in [0.5, 0.6) is 0 Å². The second-order valence-electron chi connectivity index (χ2n) is 7.42. The molecule has 0 radical (unpaired) electrons. The van der Waals surface area contributed by atoms with E-state index < -0.39 is 12.0 Å². The molecule has 0 aliphatic heterocycles. The van der Waals surface area contributed by atoms with Crippen molar-refractivity contribution in [1.82, 2.24) is 14.1 Å². The summed E-state index contributed by atoms with van der Waals surface area (Å²) in [5.74, 6) is -0.553. The van der Waals surface area contributed by atoms with Crippen molar-refractivity contribution in [2.75, 3.05) is 11.9 Å². The number of halogens is 3. The molecular formula is C22H23BrCl2N4O3. The van der Waals surface area contributed by atoms with Crippen molar-refractivity contribution in [3.05, 3.63) is 78.6 Å². The number of esters is 1. The monoisotopic (exact) mass is 540 g/mol. The van der Waals surface area contributed by atoms with E-state index in [9.17, 15) is 9.59 Å². The number of pyridine rings is 1. The van der Waals surface area contributed by atoms with Gasteiger partial charge in [-0.25, -0.2) is 9.78 Å². The minimum atomic E-state index is -0.626. The molecule has 170 valence electrons. The summed E-state index contributed by atoms with van der Waals surface area (Å²) in [4.78, 5) is 30.1. The standard InChI is InChI=1S/C22H23BrCl2N4O3/c1-5-32-21(31)18-19(29(12(2)3)22(23)27-18)17(13-6-8-14(24)9-7-13)26-16-10-15(25)11-28(4)20(16)30/h6-12,17,26H,5H2,1-4H3. The molecule has 0 bridgehead atoms. The van der Waals surface area contributed by atoms with Crippen molar-refractivity contribution < 1.29 is 9.53 Å². The first kappa shape index (κ1) is 24.4. The van der Waals surface area contributed by atoms with Crippen LogP contribution in [0.2, 0.25) is 10.0 Å². The maximum atomic E-state index is 12.8. The Bertz CT molecular complexity index is 1190. The highest BCUT2D eigenvalue weighted by Crippen LogP contribution is 2.34. The number of aryl methyl sites for hydroxylation is 1. The minimum absolute atomic E-state index is 0.0474. The van der Waals surface area contributed by atoms with Gasteiger partial charge in [-0.05, 0) is 60.5 Å². The molecule has 0 fully saturated rings. The van der Waals surface area contributed by atoms with Gasteiger partial charge >= 0.3 is 5.97 Å². The number of hydrogen-bond donors (Lipinski definition) is 1. The van der Waals surface area contributed by atoms with E-state index in [-0.39, 0.29) is 29.6 Å². The number of nitrogens with zero attached hydrogens (tertiary/aromatic N) is 3. The molecule has 7 nitrogen and oxygen atoms in total. The number of carbonyl (C=O) groups excluding carboxylic acids is 1. The van der Waals surface area contributed by atoms with Gasteiger partial charge in [0.25, 0.3) is 5.56 Å². The summed E-state index contributed by atoms with van der Waals surface area (Å²) in [7, 11) is 1.62. The molecule has 3 aromatic rings. The molecule has 0 saturated heterocycles. The second-order valence-corrected chi connectivity index (χ2v) is 9.00. The summed E-state index contributed by atoms with van der Waals surface area (Å²) in [6, 6.07) is 8.04. The van der Waals surface area contributed by atoms with Crippen LogP contribution in [0.3, 0.4) is 0 Å². The average Bonchev–Trinajstić information content (AvgIpc) is 3.07. The summed E-state index contributed by atoms with van der Waals surface area (Å²) in [5.41, 5.74) is 1.49. The summed E-state index contributed by atoms with van der Waals surface area (Å²) in [6.07, 6.45) is 1.53. The van der Waals surface area contributed by atoms with Crippen molar-refractivity contribution in [2.45, 2.75) is 32.9 Å². The first-order chi connectivity index (χ1) is 15.1. The predicted octanol–water partition coefficient (Wildman–Crippen LogP) is 5.61. The Labute approximate surface area is 204 Å². The van der Waals surface area contributed by atoms with Crippen LogP contribution in [0.4, 0.5) is 5.69 Å². The molecule has 3 rings (SSSR count). The summed E-state index contributed by atoms with van der Waals surface area (Å²) < 4.78 is 9.02. The van der Waals surface area contributed by atoms with Crippen molar-refractivity contribution in [3.63, 3.8) is 0 Å². The number of carbonyl (C=O) groups is 1. The number of imidazole rings is 1. The van der Waals surface area contributed by atoms with Gasteiger partial charge in [0.2, 0.25) is 0 Å². The van der Waals surface area contributed by atoms with Gasteiger partial charge in [-0.15, -0.1) is 0 Å². The lowest BCUT2D eigenvalue weighted by atomic mass is 10.0. The third-order valence-corrected chi connectivity index (χ3v) is 5.83. The highest BCUT2D eigenvalue weighted by atomic mass is 79.9. The zero-order chi connectivity index (χ0) is 23.6. The molecule has 2 heterocycles. The van der Waals surface area contributed by atoms with Crippen LogP contribution >= 0.6 is 39.1 Å². The number of hydrogen-bond acceptors (Lipinski definition) is 5. The fourth-order valence-corrected chi connectivity index (χ4v) is 4.59. The molecule has 0 spiro atoms. The average molecular weight is 542 g/mol. The Hall–Kier alpha value is -2.29. The summed E-state index contributed by atoms with van der Waals surface area (Å²) in [5, 5.41) is 4.24. The Morgan fingerprint density at radius 1 is 1.22 bits per heavy atom. The van der Waals surface area contributed by atoms with Crippen LogP contribution in [-0.2, 0) is 11.8 Å². The van der Waals surface area contributed by atoms with Crippen LogP contribution in [0.15, 0.2) is 46.1 Å². The predicted molar refractivity (Wildman–Crippen MR) is 130 cm³/mol. The molecule has 1 aromatic carbocycles. The molecule has 0 amide bonds. The molecule has 1 N–H and O–H groups in total. The lowest BCUT2D eigenvalue weighted by Gasteiger charge is -2.25. The van der Waals surface area contributed by atoms with Crippen LogP contribution in [0.1, 0.15) is 54.6 Å². The Morgan fingerprint density at radius 3 is 2.47 bits per heavy atom. The molecule has 0 saturated carbocycles. The van der Waals surface area contributed by atoms with Gasteiger partial charge in [-0.2, -0.15) is 0 Å². The number of ether oxygens (including phenoxy) is 1.